The summed E-state index contributed by atoms with van der Waals surface area (Å²) >= 11 is 5.20. The quantitative estimate of drug-likeness (QED) is 0.654. The van der Waals surface area contributed by atoms with Crippen LogP contribution in [0.2, 0.25) is 0 Å². The molecule has 0 fully saturated rings. The Kier molecular flexibility index (Phi) is 4.77. The van der Waals surface area contributed by atoms with E-state index in [1.165, 1.54) is 10.4 Å². The molecule has 0 saturated carbocycles. The third kappa shape index (κ3) is 3.11. The Balaban J connectivity index is 2.15. The van der Waals surface area contributed by atoms with Gasteiger partial charge in [-0.1, -0.05) is 12.1 Å². The fourth-order valence-electron chi connectivity index (χ4n) is 1.80. The van der Waals surface area contributed by atoms with Crippen molar-refractivity contribution in [3.05, 3.63) is 50.6 Å². The van der Waals surface area contributed by atoms with E-state index in [2.05, 4.69) is 44.9 Å². The minimum Gasteiger partial charge on any atom is -0.496 e. The van der Waals surface area contributed by atoms with Crippen molar-refractivity contribution in [3.63, 3.8) is 0 Å². The first-order valence-corrected chi connectivity index (χ1v) is 7.24. The van der Waals surface area contributed by atoms with Crippen LogP contribution in [0.5, 0.6) is 5.75 Å². The van der Waals surface area contributed by atoms with Gasteiger partial charge in [-0.15, -0.1) is 11.3 Å². The molecule has 1 aromatic heterocycles. The first kappa shape index (κ1) is 13.5. The van der Waals surface area contributed by atoms with Crippen molar-refractivity contribution in [1.29, 1.82) is 0 Å². The summed E-state index contributed by atoms with van der Waals surface area (Å²) in [6.07, 6.45) is 0.847. The number of hydrazine groups is 1. The third-order valence-corrected chi connectivity index (χ3v) is 4.35. The summed E-state index contributed by atoms with van der Waals surface area (Å²) in [5.74, 6) is 6.47. The van der Waals surface area contributed by atoms with Gasteiger partial charge in [-0.25, -0.2) is 0 Å². The lowest BCUT2D eigenvalue weighted by molar-refractivity contribution is 0.412. The zero-order valence-corrected chi connectivity index (χ0v) is 12.4. The Bertz CT molecular complexity index is 502. The SMILES string of the molecule is COc1ccc(CC(NN)c2cccs2)cc1Br. The molecule has 0 saturated heterocycles. The van der Waals surface area contributed by atoms with E-state index >= 15 is 0 Å². The van der Waals surface area contributed by atoms with Crippen LogP contribution in [0.25, 0.3) is 0 Å². The summed E-state index contributed by atoms with van der Waals surface area (Å²) in [5, 5.41) is 2.06. The van der Waals surface area contributed by atoms with E-state index in [0.717, 1.165) is 16.6 Å². The molecule has 0 radical (unpaired) electrons. The van der Waals surface area contributed by atoms with Gasteiger partial charge in [0.15, 0.2) is 0 Å². The molecule has 0 spiro atoms. The van der Waals surface area contributed by atoms with Gasteiger partial charge in [0.25, 0.3) is 0 Å². The highest BCUT2D eigenvalue weighted by Crippen LogP contribution is 2.28. The number of halogens is 1. The van der Waals surface area contributed by atoms with E-state index in [9.17, 15) is 0 Å². The number of hydrogen-bond acceptors (Lipinski definition) is 4. The molecule has 0 aliphatic rings. The highest BCUT2D eigenvalue weighted by molar-refractivity contribution is 9.10. The summed E-state index contributed by atoms with van der Waals surface area (Å²) in [5.41, 5.74) is 4.07. The molecule has 0 amide bonds. The summed E-state index contributed by atoms with van der Waals surface area (Å²) < 4.78 is 6.18. The van der Waals surface area contributed by atoms with Gasteiger partial charge >= 0.3 is 0 Å². The van der Waals surface area contributed by atoms with Crippen molar-refractivity contribution >= 4 is 27.3 Å². The maximum Gasteiger partial charge on any atom is 0.133 e. The second-order valence-corrected chi connectivity index (χ2v) is 5.74. The van der Waals surface area contributed by atoms with Crippen molar-refractivity contribution in [2.45, 2.75) is 12.5 Å². The molecule has 18 heavy (non-hydrogen) atoms. The number of rotatable bonds is 5. The van der Waals surface area contributed by atoms with Crippen molar-refractivity contribution in [3.8, 4) is 5.75 Å². The van der Waals surface area contributed by atoms with E-state index in [4.69, 9.17) is 10.6 Å². The molecule has 1 unspecified atom stereocenters. The number of nitrogens with one attached hydrogen (secondary N) is 1. The number of benzene rings is 1. The topological polar surface area (TPSA) is 47.3 Å². The van der Waals surface area contributed by atoms with Crippen LogP contribution in [0, 0.1) is 0 Å². The van der Waals surface area contributed by atoms with Crippen LogP contribution in [-0.4, -0.2) is 7.11 Å². The Hall–Kier alpha value is -0.880. The molecule has 0 aliphatic carbocycles. The molecular weight excluding hydrogens is 312 g/mol. The zero-order chi connectivity index (χ0) is 13.0. The van der Waals surface area contributed by atoms with Gasteiger partial charge < -0.3 is 4.74 Å². The highest BCUT2D eigenvalue weighted by atomic mass is 79.9. The normalized spacial score (nSPS) is 12.4. The van der Waals surface area contributed by atoms with Crippen molar-refractivity contribution in [2.24, 2.45) is 5.84 Å². The molecule has 1 atom stereocenters. The Labute approximate surface area is 119 Å². The van der Waals surface area contributed by atoms with Gasteiger partial charge in [0.2, 0.25) is 0 Å². The third-order valence-electron chi connectivity index (χ3n) is 2.74. The minimum absolute atomic E-state index is 0.144. The predicted octanol–water partition coefficient (Wildman–Crippen LogP) is 3.27. The summed E-state index contributed by atoms with van der Waals surface area (Å²) in [7, 11) is 1.66. The van der Waals surface area contributed by atoms with Crippen LogP contribution in [0.1, 0.15) is 16.5 Å². The summed E-state index contributed by atoms with van der Waals surface area (Å²) in [6, 6.07) is 10.4. The maximum atomic E-state index is 5.63. The summed E-state index contributed by atoms with van der Waals surface area (Å²) in [6.45, 7) is 0. The molecule has 2 aromatic rings. The van der Waals surface area contributed by atoms with Gasteiger partial charge in [-0.05, 0) is 51.5 Å². The lowest BCUT2D eigenvalue weighted by Gasteiger charge is -2.15. The molecular formula is C13H15BrN2OS. The predicted molar refractivity (Wildman–Crippen MR) is 78.8 cm³/mol. The van der Waals surface area contributed by atoms with E-state index in [1.807, 2.05) is 12.1 Å². The molecule has 3 nitrogen and oxygen atoms in total. The number of hydrogen-bond donors (Lipinski definition) is 2. The van der Waals surface area contributed by atoms with E-state index < -0.39 is 0 Å². The molecule has 1 heterocycles. The van der Waals surface area contributed by atoms with Crippen LogP contribution in [0.3, 0.4) is 0 Å². The number of methoxy groups -OCH3 is 1. The lowest BCUT2D eigenvalue weighted by atomic mass is 10.1. The molecule has 0 bridgehead atoms. The molecule has 5 heteroatoms. The van der Waals surface area contributed by atoms with Crippen LogP contribution >= 0.6 is 27.3 Å². The minimum atomic E-state index is 0.144. The largest absolute Gasteiger partial charge is 0.496 e. The van der Waals surface area contributed by atoms with E-state index in [0.29, 0.717) is 0 Å². The van der Waals surface area contributed by atoms with Crippen LogP contribution in [0.15, 0.2) is 40.2 Å². The van der Waals surface area contributed by atoms with Crippen LogP contribution in [0.4, 0.5) is 0 Å². The van der Waals surface area contributed by atoms with Gasteiger partial charge in [0.05, 0.1) is 17.6 Å². The van der Waals surface area contributed by atoms with Crippen LogP contribution < -0.4 is 16.0 Å². The molecule has 96 valence electrons. The Morgan fingerprint density at radius 1 is 1.44 bits per heavy atom. The van der Waals surface area contributed by atoms with Crippen molar-refractivity contribution in [2.75, 3.05) is 7.11 Å². The first-order valence-electron chi connectivity index (χ1n) is 5.56. The molecule has 3 N–H and O–H groups in total. The van der Waals surface area contributed by atoms with E-state index in [-0.39, 0.29) is 6.04 Å². The van der Waals surface area contributed by atoms with Gasteiger partial charge in [0, 0.05) is 4.88 Å². The second kappa shape index (κ2) is 6.33. The average molecular weight is 327 g/mol. The monoisotopic (exact) mass is 326 g/mol. The van der Waals surface area contributed by atoms with Gasteiger partial charge in [-0.2, -0.15) is 0 Å². The first-order chi connectivity index (χ1) is 8.74. The smallest absolute Gasteiger partial charge is 0.133 e. The van der Waals surface area contributed by atoms with Crippen LogP contribution in [-0.2, 0) is 6.42 Å². The lowest BCUT2D eigenvalue weighted by Crippen LogP contribution is -2.28. The van der Waals surface area contributed by atoms with Gasteiger partial charge in [0.1, 0.15) is 5.75 Å². The standard InChI is InChI=1S/C13H15BrN2OS/c1-17-12-5-4-9(7-10(12)14)8-11(16-15)13-3-2-6-18-13/h2-7,11,16H,8,15H2,1H3. The fourth-order valence-corrected chi connectivity index (χ4v) is 3.18. The highest BCUT2D eigenvalue weighted by Gasteiger charge is 2.12. The molecule has 0 aliphatic heterocycles. The second-order valence-electron chi connectivity index (χ2n) is 3.91. The molecule has 1 aromatic carbocycles. The van der Waals surface area contributed by atoms with Crippen molar-refractivity contribution < 1.29 is 4.74 Å². The van der Waals surface area contributed by atoms with Crippen molar-refractivity contribution in [1.82, 2.24) is 5.43 Å². The van der Waals surface area contributed by atoms with Gasteiger partial charge in [-0.3, -0.25) is 11.3 Å². The average Bonchev–Trinajstić information content (AvgIpc) is 2.90. The Morgan fingerprint density at radius 3 is 2.83 bits per heavy atom. The molecule has 2 rings (SSSR count). The number of thiophene rings is 1. The maximum absolute atomic E-state index is 5.63. The fraction of sp³-hybridized carbons (Fsp3) is 0.231. The Morgan fingerprint density at radius 2 is 2.28 bits per heavy atom. The zero-order valence-electron chi connectivity index (χ0n) is 10.0. The number of ether oxygens (including phenoxy) is 1. The summed E-state index contributed by atoms with van der Waals surface area (Å²) in [4.78, 5) is 1.24. The number of nitrogens with two attached hydrogens (primary N) is 1. The van der Waals surface area contributed by atoms with E-state index in [1.54, 1.807) is 18.4 Å².